The Labute approximate surface area is 162 Å². The largest absolute Gasteiger partial charge is 0.479 e. The summed E-state index contributed by atoms with van der Waals surface area (Å²) in [6, 6.07) is 0. The van der Waals surface area contributed by atoms with E-state index < -0.39 is 5.60 Å². The number of amides is 1. The second kappa shape index (κ2) is 8.55. The Kier molecular flexibility index (Phi) is 6.89. The Balaban J connectivity index is 1.77. The van der Waals surface area contributed by atoms with Crippen LogP contribution in [0, 0.1) is 11.3 Å². The molecular weight excluding hydrogens is 352 g/mol. The fraction of sp³-hybridized carbons (Fsp3) is 0.750. The van der Waals surface area contributed by atoms with E-state index in [1.807, 2.05) is 25.7 Å². The summed E-state index contributed by atoms with van der Waals surface area (Å²) < 4.78 is 11.2. The van der Waals surface area contributed by atoms with E-state index >= 15 is 0 Å². The number of hydrogen-bond acceptors (Lipinski definition) is 4. The molecule has 1 amide bonds. The molecule has 1 saturated heterocycles. The highest BCUT2D eigenvalue weighted by Gasteiger charge is 2.42. The molecule has 2 rings (SSSR count). The summed E-state index contributed by atoms with van der Waals surface area (Å²) in [5.41, 5.74) is 5.76. The van der Waals surface area contributed by atoms with Crippen molar-refractivity contribution in [3.63, 3.8) is 0 Å². The lowest BCUT2D eigenvalue weighted by atomic mass is 9.76. The van der Waals surface area contributed by atoms with E-state index in [0.29, 0.717) is 28.9 Å². The number of carbonyl (C=O) groups is 1. The normalized spacial score (nSPS) is 24.0. The minimum absolute atomic E-state index is 0.189. The number of ether oxygens (including phenoxy) is 2. The van der Waals surface area contributed by atoms with E-state index in [0.717, 1.165) is 38.8 Å². The van der Waals surface area contributed by atoms with E-state index in [1.54, 1.807) is 19.1 Å². The van der Waals surface area contributed by atoms with Crippen molar-refractivity contribution in [3.05, 3.63) is 23.1 Å². The third-order valence-electron chi connectivity index (χ3n) is 5.24. The summed E-state index contributed by atoms with van der Waals surface area (Å²) in [7, 11) is 0. The van der Waals surface area contributed by atoms with E-state index in [-0.39, 0.29) is 6.09 Å². The third-order valence-corrected chi connectivity index (χ3v) is 5.37. The van der Waals surface area contributed by atoms with Crippen molar-refractivity contribution >= 4 is 17.7 Å². The predicted octanol–water partition coefficient (Wildman–Crippen LogP) is 4.76. The van der Waals surface area contributed by atoms with Gasteiger partial charge in [-0.1, -0.05) is 11.6 Å². The summed E-state index contributed by atoms with van der Waals surface area (Å²) in [6.07, 6.45) is 8.84. The fourth-order valence-electron chi connectivity index (χ4n) is 3.87. The van der Waals surface area contributed by atoms with Crippen LogP contribution in [-0.4, -0.2) is 36.3 Å². The first-order valence-electron chi connectivity index (χ1n) is 9.49. The molecule has 0 aromatic carbocycles. The van der Waals surface area contributed by atoms with Gasteiger partial charge in [0.15, 0.2) is 5.88 Å². The quantitative estimate of drug-likeness (QED) is 0.560. The second-order valence-corrected chi connectivity index (χ2v) is 9.31. The number of halogens is 1. The number of carbonyl (C=O) groups excluding carboxylic acids is 1. The van der Waals surface area contributed by atoms with Crippen LogP contribution in [-0.2, 0) is 9.47 Å². The summed E-state index contributed by atoms with van der Waals surface area (Å²) >= 11 is 5.78. The molecule has 1 atom stereocenters. The van der Waals surface area contributed by atoms with Crippen LogP contribution in [0.5, 0.6) is 0 Å². The maximum atomic E-state index is 12.2. The van der Waals surface area contributed by atoms with Gasteiger partial charge in [-0.05, 0) is 83.3 Å². The lowest BCUT2D eigenvalue weighted by Gasteiger charge is -2.40. The van der Waals surface area contributed by atoms with Crippen LogP contribution in [0.2, 0.25) is 0 Å². The van der Waals surface area contributed by atoms with Gasteiger partial charge < -0.3 is 20.1 Å². The van der Waals surface area contributed by atoms with Gasteiger partial charge in [-0.3, -0.25) is 0 Å². The van der Waals surface area contributed by atoms with Gasteiger partial charge in [0.25, 0.3) is 0 Å². The zero-order valence-electron chi connectivity index (χ0n) is 16.5. The van der Waals surface area contributed by atoms with E-state index in [2.05, 4.69) is 0 Å². The average Bonchev–Trinajstić information content (AvgIpc) is 2.92. The molecule has 0 bridgehead atoms. The Bertz CT molecular complexity index is 554. The molecule has 2 aliphatic rings. The molecule has 0 radical (unpaired) electrons. The van der Waals surface area contributed by atoms with Crippen molar-refractivity contribution in [2.75, 3.05) is 19.7 Å². The smallest absolute Gasteiger partial charge is 0.410 e. The van der Waals surface area contributed by atoms with Crippen molar-refractivity contribution in [1.29, 1.82) is 0 Å². The van der Waals surface area contributed by atoms with Crippen molar-refractivity contribution in [3.8, 4) is 0 Å². The number of piperidine rings is 1. The zero-order valence-corrected chi connectivity index (χ0v) is 17.3. The van der Waals surface area contributed by atoms with Gasteiger partial charge in [0.1, 0.15) is 5.60 Å². The van der Waals surface area contributed by atoms with Crippen molar-refractivity contribution in [2.24, 2.45) is 17.1 Å². The number of rotatable bonds is 4. The van der Waals surface area contributed by atoms with Gasteiger partial charge in [0.05, 0.1) is 6.61 Å². The lowest BCUT2D eigenvalue weighted by Crippen LogP contribution is -2.44. The molecule has 1 aliphatic heterocycles. The molecule has 1 heterocycles. The highest BCUT2D eigenvalue weighted by Crippen LogP contribution is 2.49. The highest BCUT2D eigenvalue weighted by molar-refractivity contribution is 6.29. The molecule has 1 aliphatic carbocycles. The Morgan fingerprint density at radius 3 is 2.50 bits per heavy atom. The molecule has 148 valence electrons. The van der Waals surface area contributed by atoms with Gasteiger partial charge >= 0.3 is 6.09 Å². The molecule has 1 saturated carbocycles. The van der Waals surface area contributed by atoms with Gasteiger partial charge in [-0.25, -0.2) is 4.79 Å². The second-order valence-electron chi connectivity index (χ2n) is 8.71. The van der Waals surface area contributed by atoms with Crippen LogP contribution in [0.4, 0.5) is 4.79 Å². The molecule has 6 heteroatoms. The fourth-order valence-corrected chi connectivity index (χ4v) is 3.94. The minimum Gasteiger partial charge on any atom is -0.479 e. The van der Waals surface area contributed by atoms with Crippen LogP contribution in [0.3, 0.4) is 0 Å². The Morgan fingerprint density at radius 1 is 1.27 bits per heavy atom. The standard InChI is InChI=1S/C20H33ClN2O3/c1-15(21)5-6-17(22)25-14-16-7-8-20(13-16)9-11-23(12-10-20)18(24)26-19(2,3)4/h5-6,16H,7-14,22H2,1-4H3/b15-5+,17-6+. The van der Waals surface area contributed by atoms with Crippen LogP contribution in [0.15, 0.2) is 23.1 Å². The summed E-state index contributed by atoms with van der Waals surface area (Å²) in [6.45, 7) is 9.73. The zero-order chi connectivity index (χ0) is 19.4. The first-order chi connectivity index (χ1) is 12.1. The topological polar surface area (TPSA) is 64.8 Å². The summed E-state index contributed by atoms with van der Waals surface area (Å²) in [4.78, 5) is 14.1. The lowest BCUT2D eigenvalue weighted by molar-refractivity contribution is 0.00976. The molecule has 2 fully saturated rings. The summed E-state index contributed by atoms with van der Waals surface area (Å²) in [5.74, 6) is 0.932. The molecule has 5 nitrogen and oxygen atoms in total. The van der Waals surface area contributed by atoms with E-state index in [9.17, 15) is 4.79 Å². The van der Waals surface area contributed by atoms with Crippen LogP contribution in [0.25, 0.3) is 0 Å². The molecule has 1 spiro atoms. The van der Waals surface area contributed by atoms with Crippen LogP contribution in [0.1, 0.15) is 59.8 Å². The number of nitrogens with two attached hydrogens (primary N) is 1. The van der Waals surface area contributed by atoms with E-state index in [4.69, 9.17) is 26.8 Å². The third kappa shape index (κ3) is 6.42. The summed E-state index contributed by atoms with van der Waals surface area (Å²) in [5, 5.41) is 0.674. The maximum absolute atomic E-state index is 12.2. The van der Waals surface area contributed by atoms with Gasteiger partial charge in [-0.15, -0.1) is 0 Å². The maximum Gasteiger partial charge on any atom is 0.410 e. The monoisotopic (exact) mass is 384 g/mol. The van der Waals surface area contributed by atoms with Crippen LogP contribution < -0.4 is 5.73 Å². The van der Waals surface area contributed by atoms with Crippen LogP contribution >= 0.6 is 11.6 Å². The van der Waals surface area contributed by atoms with Crippen molar-refractivity contribution in [1.82, 2.24) is 4.90 Å². The van der Waals surface area contributed by atoms with Gasteiger partial charge in [-0.2, -0.15) is 0 Å². The molecule has 0 aromatic rings. The molecule has 2 N–H and O–H groups in total. The first-order valence-corrected chi connectivity index (χ1v) is 9.87. The Morgan fingerprint density at radius 2 is 1.92 bits per heavy atom. The molecular formula is C20H33ClN2O3. The minimum atomic E-state index is -0.438. The molecule has 1 unspecified atom stereocenters. The molecule has 0 aromatic heterocycles. The number of allylic oxidation sites excluding steroid dienone is 3. The molecule has 26 heavy (non-hydrogen) atoms. The predicted molar refractivity (Wildman–Crippen MR) is 105 cm³/mol. The van der Waals surface area contributed by atoms with Crippen molar-refractivity contribution < 1.29 is 14.3 Å². The number of nitrogens with zero attached hydrogens (tertiary/aromatic N) is 1. The van der Waals surface area contributed by atoms with E-state index in [1.165, 1.54) is 6.42 Å². The first kappa shape index (κ1) is 20.9. The number of hydrogen-bond donors (Lipinski definition) is 1. The Hall–Kier alpha value is -1.36. The van der Waals surface area contributed by atoms with Gasteiger partial charge in [0, 0.05) is 18.1 Å². The highest BCUT2D eigenvalue weighted by atomic mass is 35.5. The van der Waals surface area contributed by atoms with Gasteiger partial charge in [0.2, 0.25) is 0 Å². The SMILES string of the molecule is C/C(Cl)=C\C=C(/N)OCC1CCC2(CCN(C(=O)OC(C)(C)C)CC2)C1. The van der Waals surface area contributed by atoms with Crippen molar-refractivity contribution in [2.45, 2.75) is 65.4 Å². The average molecular weight is 385 g/mol. The number of likely N-dealkylation sites (tertiary alicyclic amines) is 1.